The number of nitrogens with two attached hydrogens (primary N) is 1. The molecule has 2 heterocycles. The monoisotopic (exact) mass is 233 g/mol. The Morgan fingerprint density at radius 2 is 2.24 bits per heavy atom. The van der Waals surface area contributed by atoms with E-state index < -0.39 is 0 Å². The largest absolute Gasteiger partial charge is 0.493 e. The van der Waals surface area contributed by atoms with Gasteiger partial charge in [-0.25, -0.2) is 0 Å². The topological polar surface area (TPSA) is 44.5 Å². The van der Waals surface area contributed by atoms with Crippen molar-refractivity contribution in [3.8, 4) is 5.75 Å². The SMILES string of the molecule is CC(CN)C1(c2ccc3c(c2)CCO3)COC1. The standard InChI is InChI=1S/C14H19NO2/c1-10(7-15)14(8-16-9-14)12-2-3-13-11(6-12)4-5-17-13/h2-3,6,10H,4-5,7-9,15H2,1H3. The lowest BCUT2D eigenvalue weighted by Crippen LogP contribution is -2.53. The molecule has 3 heteroatoms. The van der Waals surface area contributed by atoms with Gasteiger partial charge in [0.1, 0.15) is 5.75 Å². The van der Waals surface area contributed by atoms with Crippen LogP contribution in [0.5, 0.6) is 5.75 Å². The van der Waals surface area contributed by atoms with E-state index in [0.717, 1.165) is 32.0 Å². The quantitative estimate of drug-likeness (QED) is 0.860. The van der Waals surface area contributed by atoms with Gasteiger partial charge in [-0.15, -0.1) is 0 Å². The van der Waals surface area contributed by atoms with Gasteiger partial charge in [0, 0.05) is 11.8 Å². The van der Waals surface area contributed by atoms with Crippen LogP contribution in [0.3, 0.4) is 0 Å². The molecule has 1 fully saturated rings. The maximum absolute atomic E-state index is 5.84. The fraction of sp³-hybridized carbons (Fsp3) is 0.571. The Bertz CT molecular complexity index is 426. The van der Waals surface area contributed by atoms with E-state index in [4.69, 9.17) is 15.2 Å². The van der Waals surface area contributed by atoms with Crippen LogP contribution in [0.15, 0.2) is 18.2 Å². The molecular formula is C14H19NO2. The first-order valence-electron chi connectivity index (χ1n) is 6.30. The Balaban J connectivity index is 1.97. The van der Waals surface area contributed by atoms with Gasteiger partial charge in [0.2, 0.25) is 0 Å². The van der Waals surface area contributed by atoms with E-state index in [2.05, 4.69) is 25.1 Å². The molecule has 17 heavy (non-hydrogen) atoms. The van der Waals surface area contributed by atoms with Crippen LogP contribution in [0.2, 0.25) is 0 Å². The molecule has 0 aromatic heterocycles. The Kier molecular flexibility index (Phi) is 2.60. The fourth-order valence-corrected chi connectivity index (χ4v) is 2.78. The zero-order valence-corrected chi connectivity index (χ0v) is 10.2. The van der Waals surface area contributed by atoms with E-state index in [9.17, 15) is 0 Å². The van der Waals surface area contributed by atoms with Gasteiger partial charge in [0.15, 0.2) is 0 Å². The highest BCUT2D eigenvalue weighted by molar-refractivity contribution is 5.43. The van der Waals surface area contributed by atoms with Crippen molar-refractivity contribution < 1.29 is 9.47 Å². The molecule has 1 aromatic carbocycles. The predicted molar refractivity (Wildman–Crippen MR) is 66.4 cm³/mol. The molecule has 3 rings (SSSR count). The molecular weight excluding hydrogens is 214 g/mol. The molecule has 0 saturated carbocycles. The summed E-state index contributed by atoms with van der Waals surface area (Å²) in [4.78, 5) is 0. The Labute approximate surface area is 102 Å². The number of ether oxygens (including phenoxy) is 2. The third kappa shape index (κ3) is 1.57. The maximum atomic E-state index is 5.84. The molecule has 1 aromatic rings. The van der Waals surface area contributed by atoms with Crippen molar-refractivity contribution in [1.82, 2.24) is 0 Å². The van der Waals surface area contributed by atoms with Crippen LogP contribution < -0.4 is 10.5 Å². The van der Waals surface area contributed by atoms with Crippen molar-refractivity contribution in [3.05, 3.63) is 29.3 Å². The smallest absolute Gasteiger partial charge is 0.122 e. The lowest BCUT2D eigenvalue weighted by molar-refractivity contribution is -0.0854. The molecule has 0 aliphatic carbocycles. The molecule has 2 aliphatic heterocycles. The minimum Gasteiger partial charge on any atom is -0.493 e. The van der Waals surface area contributed by atoms with Crippen LogP contribution in [0.4, 0.5) is 0 Å². The molecule has 2 N–H and O–H groups in total. The van der Waals surface area contributed by atoms with Gasteiger partial charge in [-0.3, -0.25) is 0 Å². The second-order valence-electron chi connectivity index (χ2n) is 5.21. The lowest BCUT2D eigenvalue weighted by Gasteiger charge is -2.46. The third-order valence-corrected chi connectivity index (χ3v) is 4.28. The molecule has 1 atom stereocenters. The third-order valence-electron chi connectivity index (χ3n) is 4.28. The molecule has 1 saturated heterocycles. The summed E-state index contributed by atoms with van der Waals surface area (Å²) in [5.74, 6) is 1.50. The molecule has 92 valence electrons. The van der Waals surface area contributed by atoms with E-state index in [-0.39, 0.29) is 5.41 Å². The second kappa shape index (κ2) is 4.00. The summed E-state index contributed by atoms with van der Waals surface area (Å²) >= 11 is 0. The summed E-state index contributed by atoms with van der Waals surface area (Å²) in [6, 6.07) is 6.57. The van der Waals surface area contributed by atoms with Crippen LogP contribution in [0, 0.1) is 5.92 Å². The van der Waals surface area contributed by atoms with Crippen molar-refractivity contribution in [2.24, 2.45) is 11.7 Å². The first-order valence-corrected chi connectivity index (χ1v) is 6.30. The van der Waals surface area contributed by atoms with E-state index >= 15 is 0 Å². The summed E-state index contributed by atoms with van der Waals surface area (Å²) in [5, 5.41) is 0. The van der Waals surface area contributed by atoms with Crippen molar-refractivity contribution in [3.63, 3.8) is 0 Å². The van der Waals surface area contributed by atoms with E-state index in [1.54, 1.807) is 0 Å². The van der Waals surface area contributed by atoms with Gasteiger partial charge in [-0.05, 0) is 29.7 Å². The zero-order valence-electron chi connectivity index (χ0n) is 10.2. The van der Waals surface area contributed by atoms with Crippen molar-refractivity contribution in [2.45, 2.75) is 18.8 Å². The van der Waals surface area contributed by atoms with Crippen molar-refractivity contribution in [1.29, 1.82) is 0 Å². The molecule has 0 radical (unpaired) electrons. The van der Waals surface area contributed by atoms with Gasteiger partial charge < -0.3 is 15.2 Å². The minimum atomic E-state index is 0.131. The average Bonchev–Trinajstić information content (AvgIpc) is 2.74. The van der Waals surface area contributed by atoms with Crippen LogP contribution in [-0.4, -0.2) is 26.4 Å². The maximum Gasteiger partial charge on any atom is 0.122 e. The summed E-state index contributed by atoms with van der Waals surface area (Å²) < 4.78 is 11.0. The van der Waals surface area contributed by atoms with Gasteiger partial charge in [0.05, 0.1) is 19.8 Å². The number of benzene rings is 1. The highest BCUT2D eigenvalue weighted by Gasteiger charge is 2.44. The summed E-state index contributed by atoms with van der Waals surface area (Å²) in [6.45, 7) is 5.33. The molecule has 0 spiro atoms. The van der Waals surface area contributed by atoms with Crippen LogP contribution in [0.25, 0.3) is 0 Å². The van der Waals surface area contributed by atoms with Crippen molar-refractivity contribution >= 4 is 0 Å². The fourth-order valence-electron chi connectivity index (χ4n) is 2.78. The van der Waals surface area contributed by atoms with Gasteiger partial charge in [0.25, 0.3) is 0 Å². The lowest BCUT2D eigenvalue weighted by atomic mass is 9.69. The summed E-state index contributed by atoms with van der Waals surface area (Å²) in [5.41, 5.74) is 8.67. The van der Waals surface area contributed by atoms with E-state index in [1.807, 2.05) is 0 Å². The number of hydrogen-bond acceptors (Lipinski definition) is 3. The van der Waals surface area contributed by atoms with Gasteiger partial charge >= 0.3 is 0 Å². The molecule has 2 aliphatic rings. The molecule has 0 bridgehead atoms. The summed E-state index contributed by atoms with van der Waals surface area (Å²) in [7, 11) is 0. The van der Waals surface area contributed by atoms with Crippen LogP contribution >= 0.6 is 0 Å². The predicted octanol–water partition coefficient (Wildman–Crippen LogP) is 1.48. The van der Waals surface area contributed by atoms with Crippen LogP contribution in [-0.2, 0) is 16.6 Å². The number of hydrogen-bond donors (Lipinski definition) is 1. The van der Waals surface area contributed by atoms with Gasteiger partial charge in [-0.1, -0.05) is 19.1 Å². The molecule has 1 unspecified atom stereocenters. The molecule has 0 amide bonds. The Hall–Kier alpha value is -1.06. The van der Waals surface area contributed by atoms with Crippen molar-refractivity contribution in [2.75, 3.05) is 26.4 Å². The zero-order chi connectivity index (χ0) is 11.9. The van der Waals surface area contributed by atoms with E-state index in [0.29, 0.717) is 12.5 Å². The highest BCUT2D eigenvalue weighted by Crippen LogP contribution is 2.41. The summed E-state index contributed by atoms with van der Waals surface area (Å²) in [6.07, 6.45) is 1.02. The first kappa shape index (κ1) is 11.1. The van der Waals surface area contributed by atoms with E-state index in [1.165, 1.54) is 11.1 Å². The Morgan fingerprint density at radius 3 is 2.88 bits per heavy atom. The number of rotatable bonds is 3. The van der Waals surface area contributed by atoms with Crippen LogP contribution in [0.1, 0.15) is 18.1 Å². The Morgan fingerprint density at radius 1 is 1.41 bits per heavy atom. The number of fused-ring (bicyclic) bond motifs is 1. The minimum absolute atomic E-state index is 0.131. The normalized spacial score (nSPS) is 22.5. The van der Waals surface area contributed by atoms with Gasteiger partial charge in [-0.2, -0.15) is 0 Å². The first-order chi connectivity index (χ1) is 8.26. The highest BCUT2D eigenvalue weighted by atomic mass is 16.5. The molecule has 3 nitrogen and oxygen atoms in total. The second-order valence-corrected chi connectivity index (χ2v) is 5.21. The average molecular weight is 233 g/mol.